The number of carboxylic acid groups (broad SMARTS) is 1. The number of carbonyl (C=O) groups is 2. The number of benzene rings is 1. The van der Waals surface area contributed by atoms with E-state index < -0.39 is 16.9 Å². The zero-order chi connectivity index (χ0) is 16.0. The first-order valence-corrected chi connectivity index (χ1v) is 6.35. The highest BCUT2D eigenvalue weighted by Gasteiger charge is 2.18. The van der Waals surface area contributed by atoms with Gasteiger partial charge < -0.3 is 15.3 Å². The van der Waals surface area contributed by atoms with Crippen molar-refractivity contribution in [2.24, 2.45) is 0 Å². The predicted octanol–water partition coefficient (Wildman–Crippen LogP) is 2.31. The van der Waals surface area contributed by atoms with Crippen LogP contribution < -0.4 is 5.32 Å². The van der Waals surface area contributed by atoms with Crippen molar-refractivity contribution in [1.29, 1.82) is 0 Å². The van der Waals surface area contributed by atoms with Crippen molar-refractivity contribution in [2.75, 3.05) is 11.9 Å². The van der Waals surface area contributed by atoms with Crippen LogP contribution in [0.25, 0.3) is 0 Å². The summed E-state index contributed by atoms with van der Waals surface area (Å²) in [7, 11) is 0. The molecule has 0 aromatic heterocycles. The summed E-state index contributed by atoms with van der Waals surface area (Å²) in [5.41, 5.74) is 0.339. The third-order valence-electron chi connectivity index (χ3n) is 2.78. The van der Waals surface area contributed by atoms with E-state index >= 15 is 0 Å². The molecule has 0 saturated heterocycles. The summed E-state index contributed by atoms with van der Waals surface area (Å²) < 4.78 is 0. The maximum absolute atomic E-state index is 12.1. The summed E-state index contributed by atoms with van der Waals surface area (Å²) in [4.78, 5) is 34.1. The SMILES string of the molecule is CC(C)N(CCC(=O)O)C(=O)Nc1ccc([N+](=O)[O-])cc1. The zero-order valence-electron chi connectivity index (χ0n) is 11.8. The monoisotopic (exact) mass is 295 g/mol. The fraction of sp³-hybridized carbons (Fsp3) is 0.385. The van der Waals surface area contributed by atoms with E-state index in [4.69, 9.17) is 5.11 Å². The number of aliphatic carboxylic acids is 1. The van der Waals surface area contributed by atoms with Gasteiger partial charge in [0.15, 0.2) is 0 Å². The Hall–Kier alpha value is -2.64. The third-order valence-corrected chi connectivity index (χ3v) is 2.78. The van der Waals surface area contributed by atoms with Gasteiger partial charge >= 0.3 is 12.0 Å². The van der Waals surface area contributed by atoms with E-state index in [0.29, 0.717) is 5.69 Å². The number of carboxylic acids is 1. The van der Waals surface area contributed by atoms with Crippen LogP contribution in [-0.4, -0.2) is 39.5 Å². The molecule has 0 atom stereocenters. The van der Waals surface area contributed by atoms with Gasteiger partial charge in [0.25, 0.3) is 5.69 Å². The lowest BCUT2D eigenvalue weighted by atomic mass is 10.2. The van der Waals surface area contributed by atoms with Gasteiger partial charge in [-0.3, -0.25) is 14.9 Å². The van der Waals surface area contributed by atoms with Crippen molar-refractivity contribution in [2.45, 2.75) is 26.3 Å². The first kappa shape index (κ1) is 16.4. The summed E-state index contributed by atoms with van der Waals surface area (Å²) in [5, 5.41) is 21.8. The Kier molecular flexibility index (Phi) is 5.65. The van der Waals surface area contributed by atoms with Gasteiger partial charge in [-0.05, 0) is 26.0 Å². The van der Waals surface area contributed by atoms with Gasteiger partial charge in [-0.2, -0.15) is 0 Å². The molecule has 0 fully saturated rings. The van der Waals surface area contributed by atoms with Gasteiger partial charge in [-0.15, -0.1) is 0 Å². The average molecular weight is 295 g/mol. The average Bonchev–Trinajstić information content (AvgIpc) is 2.38. The highest BCUT2D eigenvalue weighted by molar-refractivity contribution is 5.89. The zero-order valence-corrected chi connectivity index (χ0v) is 11.8. The van der Waals surface area contributed by atoms with Gasteiger partial charge in [-0.1, -0.05) is 0 Å². The van der Waals surface area contributed by atoms with E-state index in [9.17, 15) is 19.7 Å². The number of nitro groups is 1. The lowest BCUT2D eigenvalue weighted by Gasteiger charge is -2.26. The van der Waals surface area contributed by atoms with Crippen LogP contribution in [0.2, 0.25) is 0 Å². The summed E-state index contributed by atoms with van der Waals surface area (Å²) in [6, 6.07) is 4.80. The fourth-order valence-electron chi connectivity index (χ4n) is 1.67. The Morgan fingerprint density at radius 2 is 1.90 bits per heavy atom. The van der Waals surface area contributed by atoms with Crippen LogP contribution >= 0.6 is 0 Å². The molecular formula is C13H17N3O5. The molecule has 0 spiro atoms. The second kappa shape index (κ2) is 7.22. The summed E-state index contributed by atoms with van der Waals surface area (Å²) >= 11 is 0. The summed E-state index contributed by atoms with van der Waals surface area (Å²) in [5.74, 6) is -0.983. The first-order chi connectivity index (χ1) is 9.81. The van der Waals surface area contributed by atoms with E-state index in [-0.39, 0.29) is 24.7 Å². The fourth-order valence-corrected chi connectivity index (χ4v) is 1.67. The van der Waals surface area contributed by atoms with Crippen LogP contribution in [0.15, 0.2) is 24.3 Å². The quantitative estimate of drug-likeness (QED) is 0.617. The van der Waals surface area contributed by atoms with E-state index in [0.717, 1.165) is 0 Å². The normalized spacial score (nSPS) is 10.2. The first-order valence-electron chi connectivity index (χ1n) is 6.35. The molecule has 8 heteroatoms. The van der Waals surface area contributed by atoms with E-state index in [1.807, 2.05) is 0 Å². The second-order valence-electron chi connectivity index (χ2n) is 4.67. The van der Waals surface area contributed by atoms with Crippen molar-refractivity contribution >= 4 is 23.4 Å². The van der Waals surface area contributed by atoms with Crippen molar-refractivity contribution in [3.05, 3.63) is 34.4 Å². The van der Waals surface area contributed by atoms with Gasteiger partial charge in [0.2, 0.25) is 0 Å². The highest BCUT2D eigenvalue weighted by atomic mass is 16.6. The van der Waals surface area contributed by atoms with Crippen LogP contribution in [0.3, 0.4) is 0 Å². The predicted molar refractivity (Wildman–Crippen MR) is 76.2 cm³/mol. The number of nitrogens with zero attached hydrogens (tertiary/aromatic N) is 2. The molecule has 1 aromatic carbocycles. The molecule has 2 amide bonds. The number of urea groups is 1. The van der Waals surface area contributed by atoms with Gasteiger partial charge in [0, 0.05) is 30.4 Å². The topological polar surface area (TPSA) is 113 Å². The molecule has 8 nitrogen and oxygen atoms in total. The van der Waals surface area contributed by atoms with Crippen LogP contribution in [0.5, 0.6) is 0 Å². The molecule has 1 aromatic rings. The molecule has 0 bridgehead atoms. The number of rotatable bonds is 6. The molecule has 0 unspecified atom stereocenters. The Morgan fingerprint density at radius 3 is 2.33 bits per heavy atom. The standard InChI is InChI=1S/C13H17N3O5/c1-9(2)15(8-7-12(17)18)13(19)14-10-3-5-11(6-4-10)16(20)21/h3-6,9H,7-8H2,1-2H3,(H,14,19)(H,17,18). The third kappa shape index (κ3) is 5.09. The number of amides is 2. The van der Waals surface area contributed by atoms with Crippen LogP contribution in [0.1, 0.15) is 20.3 Å². The molecule has 0 aliphatic rings. The molecule has 0 aliphatic carbocycles. The second-order valence-corrected chi connectivity index (χ2v) is 4.67. The lowest BCUT2D eigenvalue weighted by molar-refractivity contribution is -0.384. The van der Waals surface area contributed by atoms with Crippen LogP contribution in [-0.2, 0) is 4.79 Å². The number of hydrogen-bond acceptors (Lipinski definition) is 4. The van der Waals surface area contributed by atoms with Gasteiger partial charge in [0.1, 0.15) is 0 Å². The maximum Gasteiger partial charge on any atom is 0.322 e. The van der Waals surface area contributed by atoms with Crippen LogP contribution in [0.4, 0.5) is 16.2 Å². The molecule has 114 valence electrons. The van der Waals surface area contributed by atoms with Crippen LogP contribution in [0, 0.1) is 10.1 Å². The number of anilines is 1. The molecule has 0 heterocycles. The Balaban J connectivity index is 2.72. The number of carbonyl (C=O) groups excluding carboxylic acids is 1. The largest absolute Gasteiger partial charge is 0.481 e. The molecular weight excluding hydrogens is 278 g/mol. The van der Waals surface area contributed by atoms with Gasteiger partial charge in [0.05, 0.1) is 11.3 Å². The van der Waals surface area contributed by atoms with Crippen molar-refractivity contribution < 1.29 is 19.6 Å². The molecule has 21 heavy (non-hydrogen) atoms. The lowest BCUT2D eigenvalue weighted by Crippen LogP contribution is -2.41. The van der Waals surface area contributed by atoms with E-state index in [1.165, 1.54) is 29.2 Å². The number of non-ortho nitro benzene ring substituents is 1. The van der Waals surface area contributed by atoms with E-state index in [2.05, 4.69) is 5.32 Å². The Bertz CT molecular complexity index is 527. The number of nitrogens with one attached hydrogen (secondary N) is 1. The molecule has 0 saturated carbocycles. The van der Waals surface area contributed by atoms with Crippen molar-refractivity contribution in [3.8, 4) is 0 Å². The van der Waals surface area contributed by atoms with E-state index in [1.54, 1.807) is 13.8 Å². The molecule has 0 radical (unpaired) electrons. The number of nitro benzene ring substituents is 1. The minimum Gasteiger partial charge on any atom is -0.481 e. The number of hydrogen-bond donors (Lipinski definition) is 2. The highest BCUT2D eigenvalue weighted by Crippen LogP contribution is 2.16. The molecule has 1 rings (SSSR count). The summed E-state index contributed by atoms with van der Waals surface area (Å²) in [6.07, 6.45) is -0.147. The maximum atomic E-state index is 12.1. The minimum absolute atomic E-state index is 0.0698. The Labute approximate surface area is 121 Å². The van der Waals surface area contributed by atoms with Crippen molar-refractivity contribution in [3.63, 3.8) is 0 Å². The Morgan fingerprint density at radius 1 is 1.33 bits per heavy atom. The smallest absolute Gasteiger partial charge is 0.322 e. The van der Waals surface area contributed by atoms with Crippen molar-refractivity contribution in [1.82, 2.24) is 4.90 Å². The minimum atomic E-state index is -0.983. The summed E-state index contributed by atoms with van der Waals surface area (Å²) in [6.45, 7) is 3.64. The van der Waals surface area contributed by atoms with Gasteiger partial charge in [-0.25, -0.2) is 4.79 Å². The molecule has 2 N–H and O–H groups in total. The molecule has 0 aliphatic heterocycles.